The summed E-state index contributed by atoms with van der Waals surface area (Å²) >= 11 is 4.89. The van der Waals surface area contributed by atoms with Gasteiger partial charge in [0.25, 0.3) is 29.5 Å². The van der Waals surface area contributed by atoms with Gasteiger partial charge in [-0.15, -0.1) is 10.2 Å². The molecule has 90 heavy (non-hydrogen) atoms. The van der Waals surface area contributed by atoms with E-state index in [2.05, 4.69) is 85.3 Å². The van der Waals surface area contributed by atoms with Gasteiger partial charge in [0.15, 0.2) is 58.9 Å². The lowest BCUT2D eigenvalue weighted by Gasteiger charge is -2.17. The molecule has 25 nitrogen and oxygen atoms in total. The number of nitrogens with two attached hydrogens (primary N) is 1. The van der Waals surface area contributed by atoms with Crippen molar-refractivity contribution in [2.24, 2.45) is 5.84 Å². The Balaban J connectivity index is 0.000000618. The highest BCUT2D eigenvalue weighted by Gasteiger charge is 2.40. The van der Waals surface area contributed by atoms with E-state index in [4.69, 9.17) is 36.8 Å². The van der Waals surface area contributed by atoms with Gasteiger partial charge in [0.2, 0.25) is 5.24 Å². The number of anilines is 2. The molecule has 3 atom stereocenters. The maximum atomic E-state index is 14.1. The molecule has 7 heterocycles. The number of nitrogen functional groups attached to an aromatic ring is 1. The molecule has 7 aromatic heterocycles. The van der Waals surface area contributed by atoms with Crippen LogP contribution in [0.5, 0.6) is 17.6 Å². The number of amides is 1. The molecule has 1 amide bonds. The van der Waals surface area contributed by atoms with Gasteiger partial charge in [0.05, 0.1) is 48.1 Å². The highest BCUT2D eigenvalue weighted by molar-refractivity contribution is 6.63. The van der Waals surface area contributed by atoms with E-state index in [1.807, 2.05) is 6.92 Å². The number of ether oxygens (including phenoxy) is 6. The van der Waals surface area contributed by atoms with Crippen molar-refractivity contribution in [1.29, 1.82) is 0 Å². The largest absolute Gasteiger partial charge is 0.481 e. The molecule has 38 heteroatoms. The molecule has 0 saturated carbocycles. The molecule has 0 unspecified atom stereocenters. The first-order chi connectivity index (χ1) is 41.3. The summed E-state index contributed by atoms with van der Waals surface area (Å²) in [6.07, 6.45) is -8.83. The first-order valence-corrected chi connectivity index (χ1v) is 25.3. The van der Waals surface area contributed by atoms with Crippen LogP contribution in [-0.4, -0.2) is 147 Å². The van der Waals surface area contributed by atoms with Crippen molar-refractivity contribution in [1.82, 2.24) is 59.9 Å². The van der Waals surface area contributed by atoms with E-state index in [9.17, 15) is 62.3 Å². The minimum Gasteiger partial charge on any atom is -0.481 e. The van der Waals surface area contributed by atoms with Crippen molar-refractivity contribution in [3.05, 3.63) is 97.2 Å². The molecular formula is C52H62ClF12N15O10. The Morgan fingerprint density at radius 1 is 0.578 bits per heavy atom. The molecule has 0 radical (unpaired) electrons. The highest BCUT2D eigenvalue weighted by atomic mass is 35.5. The second-order valence-electron chi connectivity index (χ2n) is 16.7. The number of carbonyl (C=O) groups is 3. The number of fused-ring (bicyclic) bond motifs is 1. The number of nitrogens with zero attached hydrogens (tertiary/aromatic N) is 11. The lowest BCUT2D eigenvalue weighted by atomic mass is 10.2. The standard InChI is InChI=1S/C16H17F4N5O3.C16H15F4N5O2.C12H11F4N5O.C4H7ClO2.C2H4O2.2CH4/c1-3-27-8-14(26)25-24-13-7-21-12(6-22-13)10-4-11(17)15(23-5-10)28-9(2)16(18,19)20;1-3-26-8-14-24-23-13-6-21-12(7-25(13)14)10-4-11(17)15(22-5-10)27-9(2)16(18,19)20;1-6(12(14,15)16)22-11-8(13)2-7(3-20-11)9-4-19-10(21-17)5-18-9;1-2-7-3-4(5)6;1-2(3)4;;/h4-7,9H,3,8H2,1-2H3,(H,22,24)(H,25,26);4-7,9H,3,8H2,1-2H3;2-6H,17H2,1H3,(H,19,21);2-3H2,1H3;1H3,(H,3,4);2*1H4/t2*9-;6-;;;;/m000..../s1. The second-order valence-corrected chi connectivity index (χ2v) is 17.2. The van der Waals surface area contributed by atoms with E-state index < -0.39 is 89.1 Å². The van der Waals surface area contributed by atoms with E-state index in [-0.39, 0.29) is 68.6 Å². The Kier molecular flexibility index (Phi) is 33.2. The quantitative estimate of drug-likeness (QED) is 0.0193. The van der Waals surface area contributed by atoms with Crippen LogP contribution in [0.25, 0.3) is 39.4 Å². The summed E-state index contributed by atoms with van der Waals surface area (Å²) in [6.45, 7) is 10.3. The van der Waals surface area contributed by atoms with Gasteiger partial charge in [0, 0.05) is 68.2 Å². The average molecular weight is 1320 g/mol. The van der Waals surface area contributed by atoms with Crippen LogP contribution in [0.3, 0.4) is 0 Å². The zero-order valence-electron chi connectivity index (χ0n) is 46.9. The van der Waals surface area contributed by atoms with Crippen molar-refractivity contribution in [3.63, 3.8) is 0 Å². The van der Waals surface area contributed by atoms with Gasteiger partial charge >= 0.3 is 18.5 Å². The Bertz CT molecular complexity index is 3320. The Morgan fingerprint density at radius 3 is 1.31 bits per heavy atom. The van der Waals surface area contributed by atoms with Gasteiger partial charge in [-0.1, -0.05) is 14.9 Å². The highest BCUT2D eigenvalue weighted by Crippen LogP contribution is 2.31. The van der Waals surface area contributed by atoms with Crippen molar-refractivity contribution in [2.75, 3.05) is 43.9 Å². The molecule has 0 spiro atoms. The third kappa shape index (κ3) is 27.2. The zero-order valence-corrected chi connectivity index (χ0v) is 47.7. The minimum absolute atomic E-state index is 0. The first kappa shape index (κ1) is 79.1. The molecule has 7 aromatic rings. The predicted octanol–water partition coefficient (Wildman–Crippen LogP) is 10.1. The summed E-state index contributed by atoms with van der Waals surface area (Å²) in [6, 6.07) is 2.91. The lowest BCUT2D eigenvalue weighted by Crippen LogP contribution is -2.33. The lowest BCUT2D eigenvalue weighted by molar-refractivity contribution is -0.190. The molecule has 0 aliphatic carbocycles. The van der Waals surface area contributed by atoms with E-state index in [0.29, 0.717) is 42.8 Å². The predicted molar refractivity (Wildman–Crippen MR) is 298 cm³/mol. The molecular weight excluding hydrogens is 1260 g/mol. The van der Waals surface area contributed by atoms with Crippen LogP contribution >= 0.6 is 11.6 Å². The van der Waals surface area contributed by atoms with E-state index in [1.165, 1.54) is 37.2 Å². The number of hydrogen-bond acceptors (Lipinski definition) is 22. The molecule has 0 aliphatic rings. The van der Waals surface area contributed by atoms with Crippen molar-refractivity contribution in [3.8, 4) is 51.4 Å². The van der Waals surface area contributed by atoms with Crippen LogP contribution in [-0.2, 0) is 35.2 Å². The number of pyridine rings is 3. The molecule has 0 aromatic carbocycles. The van der Waals surface area contributed by atoms with Gasteiger partial charge in [-0.05, 0) is 71.3 Å². The summed E-state index contributed by atoms with van der Waals surface area (Å²) in [5.74, 6) is -0.431. The number of hydrazine groups is 2. The number of hydrogen-bond donors (Lipinski definition) is 5. The summed E-state index contributed by atoms with van der Waals surface area (Å²) in [4.78, 5) is 61.0. The zero-order chi connectivity index (χ0) is 65.9. The minimum atomic E-state index is -4.64. The third-order valence-corrected chi connectivity index (χ3v) is 10.1. The fraction of sp³-hybridized carbons (Fsp3) is 0.404. The third-order valence-electron chi connectivity index (χ3n) is 9.99. The van der Waals surface area contributed by atoms with Crippen LogP contribution in [0, 0.1) is 17.5 Å². The molecule has 0 saturated heterocycles. The maximum Gasteiger partial charge on any atom is 0.425 e. The van der Waals surface area contributed by atoms with Gasteiger partial charge in [0.1, 0.15) is 19.8 Å². The topological polar surface area (TPSA) is 322 Å². The molecule has 496 valence electrons. The Morgan fingerprint density at radius 2 is 0.967 bits per heavy atom. The number of alkyl halides is 9. The Hall–Kier alpha value is -8.94. The van der Waals surface area contributed by atoms with Crippen molar-refractivity contribution < 1.29 is 101 Å². The Labute approximate surface area is 510 Å². The SMILES string of the molecule is C.C.CC(=O)O.CCOCC(=O)Cl.CCOCC(=O)NNc1cnc(-c2cnc(O[C@@H](C)C(F)(F)F)c(F)c2)cn1.CCOCc1nnc2cnc(-c3cnc(O[C@@H](C)C(F)(F)F)c(F)c3)cn12.C[C@H](Oc1ncc(-c2cnc(NN)cn2)cc1F)C(F)(F)F. The first-order valence-electron chi connectivity index (χ1n) is 25.0. The summed E-state index contributed by atoms with van der Waals surface area (Å²) in [5.41, 5.74) is 9.12. The summed E-state index contributed by atoms with van der Waals surface area (Å²) in [7, 11) is 0. The number of halogens is 13. The maximum absolute atomic E-state index is 14.1. The summed E-state index contributed by atoms with van der Waals surface area (Å²) in [5, 5.41) is 14.9. The monoisotopic (exact) mass is 1320 g/mol. The normalized spacial score (nSPS) is 11.9. The van der Waals surface area contributed by atoms with Crippen LogP contribution in [0.2, 0.25) is 0 Å². The smallest absolute Gasteiger partial charge is 0.425 e. The van der Waals surface area contributed by atoms with Crippen molar-refractivity contribution >= 4 is 46.0 Å². The van der Waals surface area contributed by atoms with Gasteiger partial charge in [-0.25, -0.2) is 43.9 Å². The van der Waals surface area contributed by atoms with E-state index in [1.54, 1.807) is 24.4 Å². The average Bonchev–Trinajstić information content (AvgIpc) is 1.54. The number of aromatic nitrogens is 11. The number of carbonyl (C=O) groups excluding carboxylic acids is 2. The number of rotatable bonds is 21. The molecule has 7 rings (SSSR count). The van der Waals surface area contributed by atoms with E-state index in [0.717, 1.165) is 58.3 Å². The fourth-order valence-corrected chi connectivity index (χ4v) is 5.67. The molecule has 6 N–H and O–H groups in total. The number of carboxylic acids is 1. The van der Waals surface area contributed by atoms with Gasteiger partial charge < -0.3 is 39.0 Å². The van der Waals surface area contributed by atoms with Crippen molar-refractivity contribution in [2.45, 2.75) is 107 Å². The fourth-order valence-electron chi connectivity index (χ4n) is 5.59. The molecule has 0 bridgehead atoms. The molecule has 0 fully saturated rings. The number of nitrogens with one attached hydrogen (secondary N) is 3. The van der Waals surface area contributed by atoms with Gasteiger partial charge in [-0.2, -0.15) is 39.5 Å². The van der Waals surface area contributed by atoms with Crippen LogP contribution in [0.1, 0.15) is 69.1 Å². The van der Waals surface area contributed by atoms with Crippen LogP contribution < -0.4 is 36.3 Å². The number of carboxylic acid groups (broad SMARTS) is 1. The summed E-state index contributed by atoms with van der Waals surface area (Å²) < 4.78 is 184. The number of aliphatic carboxylic acids is 1. The molecule has 0 aliphatic heterocycles. The van der Waals surface area contributed by atoms with E-state index >= 15 is 0 Å². The van der Waals surface area contributed by atoms with Crippen LogP contribution in [0.4, 0.5) is 64.3 Å². The second kappa shape index (κ2) is 37.8. The van der Waals surface area contributed by atoms with Crippen LogP contribution in [0.15, 0.2) is 74.0 Å². The van der Waals surface area contributed by atoms with Gasteiger partial charge in [-0.3, -0.25) is 44.6 Å².